The fourth-order valence-corrected chi connectivity index (χ4v) is 1.57. The lowest BCUT2D eigenvalue weighted by molar-refractivity contribution is -0.150. The first-order valence-corrected chi connectivity index (χ1v) is 4.84. The number of aryl methyl sites for hydroxylation is 1. The van der Waals surface area contributed by atoms with Crippen LogP contribution in [-0.4, -0.2) is 26.5 Å². The van der Waals surface area contributed by atoms with Crippen LogP contribution in [0.2, 0.25) is 0 Å². The minimum absolute atomic E-state index is 0.266. The number of hydrogen-bond donors (Lipinski definition) is 2. The van der Waals surface area contributed by atoms with Gasteiger partial charge in [-0.2, -0.15) is 5.10 Å². The predicted molar refractivity (Wildman–Crippen MR) is 49.8 cm³/mol. The van der Waals surface area contributed by atoms with Gasteiger partial charge in [0.05, 0.1) is 6.42 Å². The van der Waals surface area contributed by atoms with E-state index in [-0.39, 0.29) is 6.42 Å². The van der Waals surface area contributed by atoms with Crippen molar-refractivity contribution in [3.05, 3.63) is 6.33 Å². The van der Waals surface area contributed by atoms with Crippen LogP contribution >= 0.6 is 11.8 Å². The molecule has 0 unspecified atom stereocenters. The number of thioether (sulfide) groups is 1. The molecular weight excluding hydrogens is 206 g/mol. The molecule has 1 aromatic heterocycles. The summed E-state index contributed by atoms with van der Waals surface area (Å²) in [6.45, 7) is 0. The molecule has 3 N–H and O–H groups in total. The fourth-order valence-electron chi connectivity index (χ4n) is 0.759. The zero-order valence-electron chi connectivity index (χ0n) is 7.64. The Morgan fingerprint density at radius 2 is 2.64 bits per heavy atom. The van der Waals surface area contributed by atoms with Crippen LogP contribution in [0.25, 0.3) is 0 Å². The number of nitrogens with one attached hydrogen (secondary N) is 1. The van der Waals surface area contributed by atoms with Gasteiger partial charge in [0.15, 0.2) is 5.16 Å². The van der Waals surface area contributed by atoms with Gasteiger partial charge in [-0.1, -0.05) is 17.4 Å². The minimum Gasteiger partial charge on any atom is -0.356 e. The molecule has 0 amide bonds. The Labute approximate surface area is 84.9 Å². The highest BCUT2D eigenvalue weighted by molar-refractivity contribution is 7.99. The molecule has 0 fully saturated rings. The molecule has 0 aliphatic carbocycles. The molecular formula is C6H11N5O2S. The minimum atomic E-state index is -0.401. The molecule has 0 saturated heterocycles. The van der Waals surface area contributed by atoms with Crippen molar-refractivity contribution in [3.63, 3.8) is 0 Å². The number of hydrogen-bond acceptors (Lipinski definition) is 7. The maximum absolute atomic E-state index is 10.8. The van der Waals surface area contributed by atoms with Gasteiger partial charge in [0.25, 0.3) is 0 Å². The molecule has 1 rings (SSSR count). The second-order valence-electron chi connectivity index (χ2n) is 2.36. The lowest BCUT2D eigenvalue weighted by atomic mass is 10.5. The summed E-state index contributed by atoms with van der Waals surface area (Å²) in [7, 11) is 1.79. The molecule has 0 saturated carbocycles. The zero-order valence-corrected chi connectivity index (χ0v) is 8.45. The predicted octanol–water partition coefficient (Wildman–Crippen LogP) is -0.781. The topological polar surface area (TPSA) is 95.1 Å². The van der Waals surface area contributed by atoms with E-state index in [0.29, 0.717) is 5.75 Å². The van der Waals surface area contributed by atoms with Gasteiger partial charge in [-0.05, 0) is 0 Å². The number of nitrogens with two attached hydrogens (primary N) is 1. The molecule has 0 atom stereocenters. The van der Waals surface area contributed by atoms with Crippen molar-refractivity contribution in [2.75, 3.05) is 5.75 Å². The molecule has 7 nitrogen and oxygen atoms in total. The van der Waals surface area contributed by atoms with Crippen LogP contribution in [-0.2, 0) is 16.7 Å². The Hall–Kier alpha value is -1.12. The SMILES string of the molecule is Cn1ncnc1SCCC(=O)ONN. The van der Waals surface area contributed by atoms with Crippen molar-refractivity contribution in [2.45, 2.75) is 11.6 Å². The number of rotatable bonds is 5. The van der Waals surface area contributed by atoms with E-state index in [4.69, 9.17) is 5.84 Å². The van der Waals surface area contributed by atoms with Crippen LogP contribution < -0.4 is 11.4 Å². The quantitative estimate of drug-likeness (QED) is 0.379. The Morgan fingerprint density at radius 1 is 1.86 bits per heavy atom. The number of nitrogens with zero attached hydrogens (tertiary/aromatic N) is 3. The number of hydrazine groups is 1. The second kappa shape index (κ2) is 5.58. The van der Waals surface area contributed by atoms with E-state index in [1.54, 1.807) is 11.7 Å². The van der Waals surface area contributed by atoms with Gasteiger partial charge >= 0.3 is 5.97 Å². The van der Waals surface area contributed by atoms with Gasteiger partial charge in [0.1, 0.15) is 6.33 Å². The van der Waals surface area contributed by atoms with Gasteiger partial charge in [0.2, 0.25) is 0 Å². The van der Waals surface area contributed by atoms with Crippen LogP contribution in [0, 0.1) is 0 Å². The molecule has 8 heteroatoms. The van der Waals surface area contributed by atoms with Gasteiger partial charge in [0, 0.05) is 12.8 Å². The average molecular weight is 217 g/mol. The first kappa shape index (κ1) is 11.0. The molecule has 78 valence electrons. The first-order chi connectivity index (χ1) is 6.74. The van der Waals surface area contributed by atoms with E-state index >= 15 is 0 Å². The molecule has 14 heavy (non-hydrogen) atoms. The van der Waals surface area contributed by atoms with Crippen LogP contribution in [0.5, 0.6) is 0 Å². The summed E-state index contributed by atoms with van der Waals surface area (Å²) in [6.07, 6.45) is 1.73. The van der Waals surface area contributed by atoms with E-state index in [2.05, 4.69) is 14.9 Å². The van der Waals surface area contributed by atoms with E-state index in [9.17, 15) is 4.79 Å². The number of carbonyl (C=O) groups excluding carboxylic acids is 1. The highest BCUT2D eigenvalue weighted by atomic mass is 32.2. The summed E-state index contributed by atoms with van der Waals surface area (Å²) >= 11 is 1.43. The van der Waals surface area contributed by atoms with Crippen molar-refractivity contribution in [1.29, 1.82) is 0 Å². The maximum Gasteiger partial charge on any atom is 0.327 e. The standard InChI is InChI=1S/C6H11N5O2S/c1-11-6(8-4-9-11)14-3-2-5(12)13-10-7/h4,10H,2-3,7H2,1H3. The fraction of sp³-hybridized carbons (Fsp3) is 0.500. The average Bonchev–Trinajstić information content (AvgIpc) is 2.52. The highest BCUT2D eigenvalue weighted by Crippen LogP contribution is 2.13. The second-order valence-corrected chi connectivity index (χ2v) is 3.42. The Balaban J connectivity index is 2.22. The van der Waals surface area contributed by atoms with Crippen LogP contribution in [0.3, 0.4) is 0 Å². The lowest BCUT2D eigenvalue weighted by Crippen LogP contribution is -2.26. The third-order valence-corrected chi connectivity index (χ3v) is 2.42. The van der Waals surface area contributed by atoms with Crippen molar-refractivity contribution < 1.29 is 9.63 Å². The van der Waals surface area contributed by atoms with Crippen LogP contribution in [0.1, 0.15) is 6.42 Å². The summed E-state index contributed by atoms with van der Waals surface area (Å²) < 4.78 is 1.64. The normalized spacial score (nSPS) is 10.1. The van der Waals surface area contributed by atoms with E-state index in [0.717, 1.165) is 5.16 Å². The molecule has 0 radical (unpaired) electrons. The molecule has 1 aromatic rings. The van der Waals surface area contributed by atoms with E-state index in [1.165, 1.54) is 18.1 Å². The summed E-state index contributed by atoms with van der Waals surface area (Å²) in [5.74, 6) is 4.97. The highest BCUT2D eigenvalue weighted by Gasteiger charge is 2.05. The van der Waals surface area contributed by atoms with Crippen molar-refractivity contribution in [2.24, 2.45) is 12.9 Å². The first-order valence-electron chi connectivity index (χ1n) is 3.86. The third-order valence-electron chi connectivity index (χ3n) is 1.38. The van der Waals surface area contributed by atoms with Gasteiger partial charge < -0.3 is 4.84 Å². The number of carbonyl (C=O) groups is 1. The number of aromatic nitrogens is 3. The Kier molecular flexibility index (Phi) is 4.36. The van der Waals surface area contributed by atoms with Gasteiger partial charge in [-0.15, -0.1) is 0 Å². The summed E-state index contributed by atoms with van der Waals surface area (Å²) in [4.78, 5) is 19.1. The summed E-state index contributed by atoms with van der Waals surface area (Å²) in [6, 6.07) is 0. The Morgan fingerprint density at radius 3 is 3.21 bits per heavy atom. The molecule has 0 aromatic carbocycles. The lowest BCUT2D eigenvalue weighted by Gasteiger charge is -2.00. The molecule has 0 aliphatic rings. The monoisotopic (exact) mass is 217 g/mol. The maximum atomic E-state index is 10.8. The van der Waals surface area contributed by atoms with Crippen molar-refractivity contribution in [3.8, 4) is 0 Å². The third kappa shape index (κ3) is 3.32. The van der Waals surface area contributed by atoms with Gasteiger partial charge in [-0.3, -0.25) is 4.79 Å². The van der Waals surface area contributed by atoms with E-state index in [1.807, 2.05) is 5.59 Å². The molecule has 1 heterocycles. The molecule has 0 bridgehead atoms. The van der Waals surface area contributed by atoms with Crippen molar-refractivity contribution in [1.82, 2.24) is 20.4 Å². The molecule has 0 aliphatic heterocycles. The smallest absolute Gasteiger partial charge is 0.327 e. The summed E-state index contributed by atoms with van der Waals surface area (Å²) in [5.41, 5.74) is 1.83. The van der Waals surface area contributed by atoms with E-state index < -0.39 is 5.97 Å². The van der Waals surface area contributed by atoms with Crippen molar-refractivity contribution >= 4 is 17.7 Å². The van der Waals surface area contributed by atoms with Crippen LogP contribution in [0.4, 0.5) is 0 Å². The zero-order chi connectivity index (χ0) is 10.4. The van der Waals surface area contributed by atoms with Gasteiger partial charge in [-0.25, -0.2) is 15.5 Å². The summed E-state index contributed by atoms with van der Waals surface area (Å²) in [5, 5.41) is 4.65. The molecule has 0 spiro atoms. The Bertz CT molecular complexity index is 302. The van der Waals surface area contributed by atoms with Crippen LogP contribution in [0.15, 0.2) is 11.5 Å². The largest absolute Gasteiger partial charge is 0.356 e.